The number of benzene rings is 4. The second kappa shape index (κ2) is 10.5. The van der Waals surface area contributed by atoms with Crippen molar-refractivity contribution in [1.29, 1.82) is 0 Å². The van der Waals surface area contributed by atoms with Crippen molar-refractivity contribution < 1.29 is 33.6 Å². The highest BCUT2D eigenvalue weighted by atomic mass is 16.5. The average Bonchev–Trinajstić information content (AvgIpc) is 2.97. The highest BCUT2D eigenvalue weighted by Crippen LogP contribution is 2.62. The van der Waals surface area contributed by atoms with Gasteiger partial charge in [0.2, 0.25) is 0 Å². The minimum atomic E-state index is -0.969. The second-order valence-electron chi connectivity index (χ2n) is 12.2. The summed E-state index contributed by atoms with van der Waals surface area (Å²) >= 11 is 0. The number of carbonyl (C=O) groups excluding carboxylic acids is 1. The Morgan fingerprint density at radius 1 is 0.535 bits per heavy atom. The van der Waals surface area contributed by atoms with E-state index in [0.717, 1.165) is 25.0 Å². The van der Waals surface area contributed by atoms with Crippen molar-refractivity contribution in [1.82, 2.24) is 0 Å². The molecular weight excluding hydrogens is 544 g/mol. The normalized spacial score (nSPS) is 26.8. The van der Waals surface area contributed by atoms with E-state index in [1.54, 1.807) is 48.5 Å². The van der Waals surface area contributed by atoms with Crippen molar-refractivity contribution in [3.63, 3.8) is 0 Å². The molecule has 0 radical (unpaired) electrons. The summed E-state index contributed by atoms with van der Waals surface area (Å²) in [6, 6.07) is 32.6. The smallest absolute Gasteiger partial charge is 0.343 e. The maximum absolute atomic E-state index is 12.7. The third kappa shape index (κ3) is 5.55. The predicted molar refractivity (Wildman–Crippen MR) is 159 cm³/mol. The Morgan fingerprint density at radius 3 is 1.37 bits per heavy atom. The first-order chi connectivity index (χ1) is 20.8. The largest absolute Gasteiger partial charge is 0.487 e. The lowest BCUT2D eigenvalue weighted by Gasteiger charge is -2.64. The Morgan fingerprint density at radius 2 is 0.930 bits per heavy atom. The Labute approximate surface area is 250 Å². The molecule has 4 atom stereocenters. The fourth-order valence-electron chi connectivity index (χ4n) is 7.74. The molecule has 4 aromatic rings. The molecule has 1 N–H and O–H groups in total. The van der Waals surface area contributed by atoms with Crippen molar-refractivity contribution in [3.05, 3.63) is 120 Å². The van der Waals surface area contributed by atoms with Crippen LogP contribution in [0.15, 0.2) is 109 Å². The van der Waals surface area contributed by atoms with Crippen LogP contribution in [0.3, 0.4) is 0 Å². The Balaban J connectivity index is 1.16. The summed E-state index contributed by atoms with van der Waals surface area (Å²) in [5.74, 6) is 1.56. The van der Waals surface area contributed by atoms with Crippen LogP contribution in [-0.2, 0) is 0 Å². The van der Waals surface area contributed by atoms with Crippen LogP contribution in [0, 0.1) is 5.92 Å². The number of esters is 1. The molecule has 7 heteroatoms. The van der Waals surface area contributed by atoms with E-state index < -0.39 is 28.7 Å². The zero-order chi connectivity index (χ0) is 29.5. The van der Waals surface area contributed by atoms with E-state index in [1.165, 1.54) is 0 Å². The lowest BCUT2D eigenvalue weighted by molar-refractivity contribution is -0.228. The van der Waals surface area contributed by atoms with Crippen LogP contribution in [0.5, 0.6) is 23.0 Å². The van der Waals surface area contributed by atoms with Crippen LogP contribution in [0.2, 0.25) is 0 Å². The van der Waals surface area contributed by atoms with E-state index in [-0.39, 0.29) is 5.56 Å². The van der Waals surface area contributed by atoms with Crippen LogP contribution in [-0.4, -0.2) is 33.8 Å². The summed E-state index contributed by atoms with van der Waals surface area (Å²) in [5.41, 5.74) is -0.867. The van der Waals surface area contributed by atoms with E-state index in [2.05, 4.69) is 0 Å². The molecule has 0 spiro atoms. The number of hydrogen-bond acceptors (Lipinski definition) is 6. The van der Waals surface area contributed by atoms with Gasteiger partial charge in [0.25, 0.3) is 0 Å². The van der Waals surface area contributed by atoms with Crippen LogP contribution in [0.25, 0.3) is 0 Å². The lowest BCUT2D eigenvalue weighted by atomic mass is 9.50. The third-order valence-electron chi connectivity index (χ3n) is 8.81. The molecule has 4 fully saturated rings. The number of para-hydroxylation sites is 2. The molecule has 4 aliphatic carbocycles. The standard InChI is InChI=1S/C36H32O7/c37-32(38)26-11-15-30(16-12-26)42-35-20-25-19-34(22-35,41-29-9-5-2-6-10-29)23-36(21-25,24-35)43-31-17-13-27(14-18-31)33(39)40-28-7-3-1-4-8-28/h1-18,25H,19-24H2,(H,37,38). The topological polar surface area (TPSA) is 91.3 Å². The first-order valence-electron chi connectivity index (χ1n) is 14.6. The van der Waals surface area contributed by atoms with Gasteiger partial charge in [-0.05, 0) is 98.0 Å². The van der Waals surface area contributed by atoms with Crippen LogP contribution in [0.4, 0.5) is 0 Å². The number of carboxylic acid groups (broad SMARTS) is 1. The van der Waals surface area contributed by atoms with Crippen molar-refractivity contribution in [2.24, 2.45) is 5.92 Å². The van der Waals surface area contributed by atoms with E-state index >= 15 is 0 Å². The molecule has 7 nitrogen and oxygen atoms in total. The molecule has 218 valence electrons. The number of carboxylic acids is 1. The van der Waals surface area contributed by atoms with E-state index in [4.69, 9.17) is 18.9 Å². The molecule has 4 saturated carbocycles. The quantitative estimate of drug-likeness (QED) is 0.164. The summed E-state index contributed by atoms with van der Waals surface area (Å²) in [6.07, 6.45) is 4.78. The Bertz CT molecular complexity index is 1620. The summed E-state index contributed by atoms with van der Waals surface area (Å²) in [7, 11) is 0. The molecular formula is C36H32O7. The van der Waals surface area contributed by atoms with Gasteiger partial charge in [-0.1, -0.05) is 36.4 Å². The molecule has 0 saturated heterocycles. The van der Waals surface area contributed by atoms with Gasteiger partial charge in [0, 0.05) is 19.3 Å². The van der Waals surface area contributed by atoms with Crippen LogP contribution >= 0.6 is 0 Å². The van der Waals surface area contributed by atoms with Crippen molar-refractivity contribution >= 4 is 11.9 Å². The average molecular weight is 577 g/mol. The fraction of sp³-hybridized carbons (Fsp3) is 0.278. The molecule has 0 aromatic heterocycles. The van der Waals surface area contributed by atoms with Gasteiger partial charge < -0.3 is 24.1 Å². The number of hydrogen-bond donors (Lipinski definition) is 1. The van der Waals surface area contributed by atoms with Gasteiger partial charge >= 0.3 is 11.9 Å². The number of rotatable bonds is 9. The zero-order valence-corrected chi connectivity index (χ0v) is 23.6. The molecule has 43 heavy (non-hydrogen) atoms. The van der Waals surface area contributed by atoms with Gasteiger partial charge in [0.05, 0.1) is 11.1 Å². The molecule has 0 amide bonds. The summed E-state index contributed by atoms with van der Waals surface area (Å²) in [4.78, 5) is 24.1. The minimum Gasteiger partial charge on any atom is -0.487 e. The predicted octanol–water partition coefficient (Wildman–Crippen LogP) is 7.35. The Kier molecular flexibility index (Phi) is 6.61. The Hall–Kier alpha value is -4.78. The van der Waals surface area contributed by atoms with Crippen LogP contribution < -0.4 is 18.9 Å². The zero-order valence-electron chi connectivity index (χ0n) is 23.6. The molecule has 4 aliphatic rings. The van der Waals surface area contributed by atoms with Gasteiger partial charge in [0.15, 0.2) is 0 Å². The molecule has 4 aromatic carbocycles. The van der Waals surface area contributed by atoms with Gasteiger partial charge in [0.1, 0.15) is 39.8 Å². The SMILES string of the molecule is O=C(O)c1ccc(OC23CC4CC(Oc5ccccc5)(C2)CC(Oc2ccc(C(=O)Oc5ccccc5)cc2)(C4)C3)cc1. The second-order valence-corrected chi connectivity index (χ2v) is 12.2. The molecule has 0 heterocycles. The summed E-state index contributed by atoms with van der Waals surface area (Å²) in [6.45, 7) is 0. The van der Waals surface area contributed by atoms with Gasteiger partial charge in [-0.25, -0.2) is 9.59 Å². The maximum atomic E-state index is 12.7. The van der Waals surface area contributed by atoms with E-state index in [1.807, 2.05) is 60.7 Å². The first kappa shape index (κ1) is 27.1. The molecule has 4 unspecified atom stereocenters. The minimum absolute atomic E-state index is 0.220. The van der Waals surface area contributed by atoms with Crippen molar-refractivity contribution in [2.75, 3.05) is 0 Å². The third-order valence-corrected chi connectivity index (χ3v) is 8.81. The summed E-state index contributed by atoms with van der Waals surface area (Å²) < 4.78 is 25.9. The molecule has 0 aliphatic heterocycles. The lowest BCUT2D eigenvalue weighted by Crippen LogP contribution is -2.70. The van der Waals surface area contributed by atoms with Gasteiger partial charge in [-0.15, -0.1) is 0 Å². The van der Waals surface area contributed by atoms with Gasteiger partial charge in [-0.3, -0.25) is 0 Å². The van der Waals surface area contributed by atoms with E-state index in [0.29, 0.717) is 48.0 Å². The van der Waals surface area contributed by atoms with Crippen molar-refractivity contribution in [2.45, 2.75) is 55.3 Å². The van der Waals surface area contributed by atoms with Crippen molar-refractivity contribution in [3.8, 4) is 23.0 Å². The maximum Gasteiger partial charge on any atom is 0.343 e. The molecule has 4 bridgehead atoms. The first-order valence-corrected chi connectivity index (χ1v) is 14.6. The molecule has 8 rings (SSSR count). The summed E-state index contributed by atoms with van der Waals surface area (Å²) in [5, 5.41) is 9.34. The monoisotopic (exact) mass is 576 g/mol. The van der Waals surface area contributed by atoms with Crippen LogP contribution in [0.1, 0.15) is 59.2 Å². The van der Waals surface area contributed by atoms with Gasteiger partial charge in [-0.2, -0.15) is 0 Å². The highest BCUT2D eigenvalue weighted by Gasteiger charge is 2.67. The highest BCUT2D eigenvalue weighted by molar-refractivity contribution is 5.91. The number of aromatic carboxylic acids is 1. The number of carbonyl (C=O) groups is 2. The number of ether oxygens (including phenoxy) is 4. The van der Waals surface area contributed by atoms with E-state index in [9.17, 15) is 14.7 Å². The fourth-order valence-corrected chi connectivity index (χ4v) is 7.74.